The van der Waals surface area contributed by atoms with E-state index < -0.39 is 5.63 Å². The molecule has 0 spiro atoms. The molecule has 0 atom stereocenters. The van der Waals surface area contributed by atoms with Gasteiger partial charge in [0.05, 0.1) is 0 Å². The van der Waals surface area contributed by atoms with Crippen LogP contribution < -0.4 is 15.8 Å². The van der Waals surface area contributed by atoms with Crippen LogP contribution in [0, 0.1) is 20.8 Å². The molecule has 0 bridgehead atoms. The molecular formula is C25H22N2O5. The first-order valence-corrected chi connectivity index (χ1v) is 10.1. The molecule has 0 aliphatic heterocycles. The van der Waals surface area contributed by atoms with Crippen molar-refractivity contribution >= 4 is 22.7 Å². The second-order valence-electron chi connectivity index (χ2n) is 7.55. The molecular weight excluding hydrogens is 408 g/mol. The first-order chi connectivity index (χ1) is 15.3. The third kappa shape index (κ3) is 4.18. The zero-order chi connectivity index (χ0) is 22.8. The van der Waals surface area contributed by atoms with Crippen LogP contribution in [0.4, 0.5) is 0 Å². The molecule has 2 aromatic heterocycles. The van der Waals surface area contributed by atoms with Gasteiger partial charge in [0.2, 0.25) is 5.78 Å². The number of nitrogens with zero attached hydrogens (tertiary/aromatic N) is 1. The zero-order valence-corrected chi connectivity index (χ0v) is 18.0. The molecule has 0 saturated carbocycles. The summed E-state index contributed by atoms with van der Waals surface area (Å²) in [5.74, 6) is -0.0783. The predicted molar refractivity (Wildman–Crippen MR) is 121 cm³/mol. The third-order valence-electron chi connectivity index (χ3n) is 5.27. The summed E-state index contributed by atoms with van der Waals surface area (Å²) in [5, 5.41) is 0.806. The zero-order valence-electron chi connectivity index (χ0n) is 18.0. The van der Waals surface area contributed by atoms with Crippen LogP contribution in [0.3, 0.4) is 0 Å². The number of rotatable bonds is 6. The van der Waals surface area contributed by atoms with E-state index in [0.29, 0.717) is 28.2 Å². The molecule has 0 radical (unpaired) electrons. The van der Waals surface area contributed by atoms with Gasteiger partial charge in [-0.15, -0.1) is 0 Å². The summed E-state index contributed by atoms with van der Waals surface area (Å²) in [6.45, 7) is 5.21. The first kappa shape index (κ1) is 21.1. The fourth-order valence-electron chi connectivity index (χ4n) is 3.59. The fraction of sp³-hybridized carbons (Fsp3) is 0.160. The van der Waals surface area contributed by atoms with Crippen LogP contribution in [0.5, 0.6) is 5.75 Å². The number of aromatic nitrogens is 1. The van der Waals surface area contributed by atoms with E-state index in [2.05, 4.69) is 5.43 Å². The lowest BCUT2D eigenvalue weighted by Gasteiger charge is -2.12. The molecule has 32 heavy (non-hydrogen) atoms. The minimum atomic E-state index is -0.437. The molecule has 0 unspecified atom stereocenters. The number of hydrogen-bond donors (Lipinski definition) is 1. The number of Topliss-reactive ketones (excluding diaryl/α,β-unsaturated/α-hetero) is 1. The Labute approximate surface area is 184 Å². The lowest BCUT2D eigenvalue weighted by atomic mass is 10.1. The SMILES string of the molecule is Cc1cc(=O)oc2cc(OCC(=O)c3cc(C)n(NC(=O)c4ccccc4)c3C)ccc12. The highest BCUT2D eigenvalue weighted by molar-refractivity contribution is 6.01. The molecule has 2 heterocycles. The van der Waals surface area contributed by atoms with Crippen molar-refractivity contribution in [3.63, 3.8) is 0 Å². The Hall–Kier alpha value is -4.13. The molecule has 0 saturated heterocycles. The number of hydrogen-bond acceptors (Lipinski definition) is 5. The summed E-state index contributed by atoms with van der Waals surface area (Å²) in [6, 6.07) is 17.1. The van der Waals surface area contributed by atoms with Gasteiger partial charge < -0.3 is 9.15 Å². The van der Waals surface area contributed by atoms with Crippen molar-refractivity contribution in [2.24, 2.45) is 0 Å². The van der Waals surface area contributed by atoms with Crippen molar-refractivity contribution in [2.75, 3.05) is 12.0 Å². The maximum atomic E-state index is 12.8. The Kier molecular flexibility index (Phi) is 5.64. The van der Waals surface area contributed by atoms with Gasteiger partial charge in [-0.3, -0.25) is 19.7 Å². The average molecular weight is 430 g/mol. The van der Waals surface area contributed by atoms with Crippen LogP contribution in [-0.2, 0) is 0 Å². The summed E-state index contributed by atoms with van der Waals surface area (Å²) in [5.41, 5.74) is 5.91. The number of carbonyl (C=O) groups excluding carboxylic acids is 2. The number of aryl methyl sites for hydroxylation is 2. The number of carbonyl (C=O) groups is 2. The number of nitrogens with one attached hydrogen (secondary N) is 1. The van der Waals surface area contributed by atoms with Crippen molar-refractivity contribution in [3.05, 3.63) is 99.2 Å². The van der Waals surface area contributed by atoms with Gasteiger partial charge in [-0.1, -0.05) is 18.2 Å². The average Bonchev–Trinajstić information content (AvgIpc) is 3.06. The maximum absolute atomic E-state index is 12.8. The van der Waals surface area contributed by atoms with Gasteiger partial charge in [-0.25, -0.2) is 4.79 Å². The minimum absolute atomic E-state index is 0.196. The van der Waals surface area contributed by atoms with E-state index in [1.807, 2.05) is 19.9 Å². The Morgan fingerprint density at radius 3 is 2.50 bits per heavy atom. The summed E-state index contributed by atoms with van der Waals surface area (Å²) in [6.07, 6.45) is 0. The summed E-state index contributed by atoms with van der Waals surface area (Å²) in [4.78, 5) is 36.9. The Morgan fingerprint density at radius 1 is 1.00 bits per heavy atom. The molecule has 0 aliphatic rings. The van der Waals surface area contributed by atoms with Crippen LogP contribution in [0.1, 0.15) is 37.7 Å². The topological polar surface area (TPSA) is 90.5 Å². The summed E-state index contributed by atoms with van der Waals surface area (Å²) >= 11 is 0. The Morgan fingerprint density at radius 2 is 1.75 bits per heavy atom. The van der Waals surface area contributed by atoms with Gasteiger partial charge in [-0.05, 0) is 56.7 Å². The van der Waals surface area contributed by atoms with Gasteiger partial charge in [-0.2, -0.15) is 0 Å². The first-order valence-electron chi connectivity index (χ1n) is 10.1. The van der Waals surface area contributed by atoms with Crippen LogP contribution in [0.15, 0.2) is 69.9 Å². The lowest BCUT2D eigenvalue weighted by Crippen LogP contribution is -2.25. The van der Waals surface area contributed by atoms with E-state index in [9.17, 15) is 14.4 Å². The third-order valence-corrected chi connectivity index (χ3v) is 5.27. The van der Waals surface area contributed by atoms with Crippen LogP contribution >= 0.6 is 0 Å². The van der Waals surface area contributed by atoms with E-state index in [0.717, 1.165) is 16.6 Å². The highest BCUT2D eigenvalue weighted by Crippen LogP contribution is 2.23. The molecule has 4 aromatic rings. The standard InChI is InChI=1S/C25H22N2O5/c1-15-11-24(29)32-23-13-19(9-10-20(15)23)31-14-22(28)21-12-16(2)27(17(21)3)26-25(30)18-7-5-4-6-8-18/h4-13H,14H2,1-3H3,(H,26,30). The molecule has 0 aliphatic carbocycles. The second-order valence-corrected chi connectivity index (χ2v) is 7.55. The van der Waals surface area contributed by atoms with Gasteiger partial charge >= 0.3 is 5.63 Å². The maximum Gasteiger partial charge on any atom is 0.336 e. The van der Waals surface area contributed by atoms with Crippen molar-refractivity contribution in [2.45, 2.75) is 20.8 Å². The number of ether oxygens (including phenoxy) is 1. The normalized spacial score (nSPS) is 10.8. The Bertz CT molecular complexity index is 1380. The van der Waals surface area contributed by atoms with Crippen LogP contribution in [0.2, 0.25) is 0 Å². The second kappa shape index (κ2) is 8.55. The molecule has 1 N–H and O–H groups in total. The number of ketones is 1. The van der Waals surface area contributed by atoms with Gasteiger partial charge in [0.1, 0.15) is 11.3 Å². The fourth-order valence-corrected chi connectivity index (χ4v) is 3.59. The molecule has 7 heteroatoms. The monoisotopic (exact) mass is 430 g/mol. The van der Waals surface area contributed by atoms with Crippen molar-refractivity contribution in [1.29, 1.82) is 0 Å². The highest BCUT2D eigenvalue weighted by atomic mass is 16.5. The van der Waals surface area contributed by atoms with Crippen LogP contribution in [0.25, 0.3) is 11.0 Å². The van der Waals surface area contributed by atoms with Gasteiger partial charge in [0, 0.05) is 40.0 Å². The Balaban J connectivity index is 1.49. The van der Waals surface area contributed by atoms with Crippen molar-refractivity contribution in [3.8, 4) is 5.75 Å². The molecule has 4 rings (SSSR count). The van der Waals surface area contributed by atoms with Gasteiger partial charge in [0.15, 0.2) is 6.61 Å². The number of fused-ring (bicyclic) bond motifs is 1. The predicted octanol–water partition coefficient (Wildman–Crippen LogP) is 4.17. The van der Waals surface area contributed by atoms with E-state index in [4.69, 9.17) is 9.15 Å². The highest BCUT2D eigenvalue weighted by Gasteiger charge is 2.18. The summed E-state index contributed by atoms with van der Waals surface area (Å²) < 4.78 is 12.5. The van der Waals surface area contributed by atoms with Crippen molar-refractivity contribution < 1.29 is 18.7 Å². The molecule has 7 nitrogen and oxygen atoms in total. The summed E-state index contributed by atoms with van der Waals surface area (Å²) in [7, 11) is 0. The molecule has 162 valence electrons. The largest absolute Gasteiger partial charge is 0.485 e. The van der Waals surface area contributed by atoms with Crippen molar-refractivity contribution in [1.82, 2.24) is 4.68 Å². The van der Waals surface area contributed by atoms with Gasteiger partial charge in [0.25, 0.3) is 5.91 Å². The van der Waals surface area contributed by atoms with Crippen LogP contribution in [-0.4, -0.2) is 23.0 Å². The molecule has 2 aromatic carbocycles. The smallest absolute Gasteiger partial charge is 0.336 e. The number of amides is 1. The molecule has 1 amide bonds. The minimum Gasteiger partial charge on any atom is -0.485 e. The molecule has 0 fully saturated rings. The van der Waals surface area contributed by atoms with E-state index in [-0.39, 0.29) is 18.3 Å². The van der Waals surface area contributed by atoms with E-state index in [1.54, 1.807) is 60.1 Å². The van der Waals surface area contributed by atoms with E-state index >= 15 is 0 Å². The quantitative estimate of drug-likeness (QED) is 0.366. The van der Waals surface area contributed by atoms with E-state index in [1.165, 1.54) is 6.07 Å². The lowest BCUT2D eigenvalue weighted by molar-refractivity contribution is 0.0919. The number of benzene rings is 2.